The first-order valence-electron chi connectivity index (χ1n) is 6.12. The molecule has 3 heteroatoms. The summed E-state index contributed by atoms with van der Waals surface area (Å²) in [6.07, 6.45) is 7.19. The molecule has 0 aliphatic carbocycles. The van der Waals surface area contributed by atoms with Crippen LogP contribution in [0.5, 0.6) is 0 Å². The predicted octanol–water partition coefficient (Wildman–Crippen LogP) is 3.51. The standard InChI is InChI=1S/C16H13N3/c1-12-2-4-13(5-3-12)15-10-18-16(19-11-15)14-6-8-17-9-7-14/h2-11H,1H3. The van der Waals surface area contributed by atoms with Crippen LogP contribution in [0.1, 0.15) is 5.56 Å². The average molecular weight is 247 g/mol. The molecule has 1 aromatic carbocycles. The number of rotatable bonds is 2. The maximum absolute atomic E-state index is 4.41. The molecule has 3 nitrogen and oxygen atoms in total. The number of hydrogen-bond donors (Lipinski definition) is 0. The van der Waals surface area contributed by atoms with Gasteiger partial charge in [0.1, 0.15) is 0 Å². The van der Waals surface area contributed by atoms with Crippen molar-refractivity contribution in [3.05, 3.63) is 66.7 Å². The molecule has 0 saturated heterocycles. The van der Waals surface area contributed by atoms with Gasteiger partial charge in [-0.2, -0.15) is 0 Å². The Hall–Kier alpha value is -2.55. The summed E-state index contributed by atoms with van der Waals surface area (Å²) in [7, 11) is 0. The summed E-state index contributed by atoms with van der Waals surface area (Å²) in [5.41, 5.74) is 4.38. The topological polar surface area (TPSA) is 38.7 Å². The fourth-order valence-corrected chi connectivity index (χ4v) is 1.87. The van der Waals surface area contributed by atoms with Crippen LogP contribution in [0.2, 0.25) is 0 Å². The van der Waals surface area contributed by atoms with Crippen LogP contribution in [-0.2, 0) is 0 Å². The average Bonchev–Trinajstić information content (AvgIpc) is 2.49. The van der Waals surface area contributed by atoms with Gasteiger partial charge in [-0.1, -0.05) is 29.8 Å². The van der Waals surface area contributed by atoms with Crippen LogP contribution in [0.25, 0.3) is 22.5 Å². The number of aryl methyl sites for hydroxylation is 1. The minimum absolute atomic E-state index is 0.721. The first kappa shape index (κ1) is 11.5. The van der Waals surface area contributed by atoms with Gasteiger partial charge in [0.25, 0.3) is 0 Å². The van der Waals surface area contributed by atoms with E-state index in [1.54, 1.807) is 12.4 Å². The zero-order chi connectivity index (χ0) is 13.1. The van der Waals surface area contributed by atoms with Crippen LogP contribution in [0.15, 0.2) is 61.2 Å². The highest BCUT2D eigenvalue weighted by Gasteiger charge is 2.02. The molecule has 0 spiro atoms. The molecule has 0 saturated carbocycles. The number of nitrogens with zero attached hydrogens (tertiary/aromatic N) is 3. The Bertz CT molecular complexity index is 659. The normalized spacial score (nSPS) is 10.4. The second kappa shape index (κ2) is 4.98. The van der Waals surface area contributed by atoms with Crippen molar-refractivity contribution in [2.24, 2.45) is 0 Å². The summed E-state index contributed by atoms with van der Waals surface area (Å²) in [6.45, 7) is 2.08. The van der Waals surface area contributed by atoms with E-state index in [-0.39, 0.29) is 0 Å². The summed E-state index contributed by atoms with van der Waals surface area (Å²) in [4.78, 5) is 12.8. The maximum Gasteiger partial charge on any atom is 0.159 e. The van der Waals surface area contributed by atoms with Gasteiger partial charge in [0.2, 0.25) is 0 Å². The first-order chi connectivity index (χ1) is 9.33. The zero-order valence-electron chi connectivity index (χ0n) is 10.6. The van der Waals surface area contributed by atoms with Crippen molar-refractivity contribution in [3.8, 4) is 22.5 Å². The van der Waals surface area contributed by atoms with Gasteiger partial charge < -0.3 is 0 Å². The molecule has 0 N–H and O–H groups in total. The van der Waals surface area contributed by atoms with Crippen molar-refractivity contribution < 1.29 is 0 Å². The van der Waals surface area contributed by atoms with E-state index in [1.165, 1.54) is 5.56 Å². The van der Waals surface area contributed by atoms with Crippen molar-refractivity contribution in [3.63, 3.8) is 0 Å². The fourth-order valence-electron chi connectivity index (χ4n) is 1.87. The number of benzene rings is 1. The summed E-state index contributed by atoms with van der Waals surface area (Å²) >= 11 is 0. The van der Waals surface area contributed by atoms with Gasteiger partial charge in [-0.25, -0.2) is 9.97 Å². The molecule has 0 bridgehead atoms. The fraction of sp³-hybridized carbons (Fsp3) is 0.0625. The van der Waals surface area contributed by atoms with E-state index >= 15 is 0 Å². The van der Waals surface area contributed by atoms with Gasteiger partial charge in [0, 0.05) is 35.9 Å². The highest BCUT2D eigenvalue weighted by molar-refractivity contribution is 5.63. The summed E-state index contributed by atoms with van der Waals surface area (Å²) in [6, 6.07) is 12.2. The molecule has 0 radical (unpaired) electrons. The van der Waals surface area contributed by atoms with Crippen LogP contribution >= 0.6 is 0 Å². The lowest BCUT2D eigenvalue weighted by Gasteiger charge is -2.03. The third kappa shape index (κ3) is 2.50. The summed E-state index contributed by atoms with van der Waals surface area (Å²) < 4.78 is 0. The van der Waals surface area contributed by atoms with E-state index in [4.69, 9.17) is 0 Å². The third-order valence-corrected chi connectivity index (χ3v) is 2.98. The molecular formula is C16H13N3. The largest absolute Gasteiger partial charge is 0.265 e. The van der Waals surface area contributed by atoms with Crippen molar-refractivity contribution in [2.75, 3.05) is 0 Å². The van der Waals surface area contributed by atoms with Gasteiger partial charge >= 0.3 is 0 Å². The SMILES string of the molecule is Cc1ccc(-c2cnc(-c3ccncc3)nc2)cc1. The van der Waals surface area contributed by atoms with Crippen molar-refractivity contribution in [1.82, 2.24) is 15.0 Å². The lowest BCUT2D eigenvalue weighted by molar-refractivity contribution is 1.17. The highest BCUT2D eigenvalue weighted by atomic mass is 14.9. The minimum atomic E-state index is 0.721. The molecule has 0 atom stereocenters. The quantitative estimate of drug-likeness (QED) is 0.695. The van der Waals surface area contributed by atoms with Gasteiger partial charge in [0.15, 0.2) is 5.82 Å². The number of aromatic nitrogens is 3. The Balaban J connectivity index is 1.93. The summed E-state index contributed by atoms with van der Waals surface area (Å²) in [5, 5.41) is 0. The van der Waals surface area contributed by atoms with Gasteiger partial charge in [0.05, 0.1) is 0 Å². The zero-order valence-corrected chi connectivity index (χ0v) is 10.6. The Morgan fingerprint density at radius 1 is 0.684 bits per heavy atom. The van der Waals surface area contributed by atoms with E-state index in [2.05, 4.69) is 46.1 Å². The molecule has 2 heterocycles. The maximum atomic E-state index is 4.41. The van der Waals surface area contributed by atoms with Gasteiger partial charge in [-0.15, -0.1) is 0 Å². The molecule has 0 aliphatic rings. The van der Waals surface area contributed by atoms with Crippen molar-refractivity contribution in [2.45, 2.75) is 6.92 Å². The molecule has 0 amide bonds. The van der Waals surface area contributed by atoms with E-state index in [0.717, 1.165) is 22.5 Å². The van der Waals surface area contributed by atoms with Crippen LogP contribution in [0, 0.1) is 6.92 Å². The Kier molecular flexibility index (Phi) is 3.02. The minimum Gasteiger partial charge on any atom is -0.265 e. The van der Waals surface area contributed by atoms with Crippen LogP contribution in [0.3, 0.4) is 0 Å². The highest BCUT2D eigenvalue weighted by Crippen LogP contribution is 2.20. The van der Waals surface area contributed by atoms with Gasteiger partial charge in [-0.3, -0.25) is 4.98 Å². The predicted molar refractivity (Wildman–Crippen MR) is 75.4 cm³/mol. The first-order valence-corrected chi connectivity index (χ1v) is 6.12. The van der Waals surface area contributed by atoms with Crippen LogP contribution in [0.4, 0.5) is 0 Å². The van der Waals surface area contributed by atoms with Crippen LogP contribution in [-0.4, -0.2) is 15.0 Å². The van der Waals surface area contributed by atoms with E-state index in [9.17, 15) is 0 Å². The number of hydrogen-bond acceptors (Lipinski definition) is 3. The van der Waals surface area contributed by atoms with E-state index in [0.29, 0.717) is 0 Å². The van der Waals surface area contributed by atoms with E-state index in [1.807, 2.05) is 24.5 Å². The Morgan fingerprint density at radius 2 is 1.32 bits per heavy atom. The lowest BCUT2D eigenvalue weighted by atomic mass is 10.1. The molecule has 3 rings (SSSR count). The molecule has 92 valence electrons. The molecule has 0 aliphatic heterocycles. The van der Waals surface area contributed by atoms with Crippen molar-refractivity contribution >= 4 is 0 Å². The molecule has 2 aromatic heterocycles. The Labute approximate surface area is 112 Å². The molecular weight excluding hydrogens is 234 g/mol. The van der Waals surface area contributed by atoms with Crippen molar-refractivity contribution in [1.29, 1.82) is 0 Å². The summed E-state index contributed by atoms with van der Waals surface area (Å²) in [5.74, 6) is 0.721. The molecule has 3 aromatic rings. The van der Waals surface area contributed by atoms with Gasteiger partial charge in [-0.05, 0) is 24.6 Å². The van der Waals surface area contributed by atoms with E-state index < -0.39 is 0 Å². The monoisotopic (exact) mass is 247 g/mol. The molecule has 0 unspecified atom stereocenters. The number of pyridine rings is 1. The second-order valence-corrected chi connectivity index (χ2v) is 4.40. The Morgan fingerprint density at radius 3 is 1.95 bits per heavy atom. The lowest BCUT2D eigenvalue weighted by Crippen LogP contribution is -1.90. The second-order valence-electron chi connectivity index (χ2n) is 4.40. The smallest absolute Gasteiger partial charge is 0.159 e. The third-order valence-electron chi connectivity index (χ3n) is 2.98. The van der Waals surface area contributed by atoms with Crippen LogP contribution < -0.4 is 0 Å². The molecule has 0 fully saturated rings. The molecule has 19 heavy (non-hydrogen) atoms.